The molecule has 0 radical (unpaired) electrons. The van der Waals surface area contributed by atoms with E-state index in [4.69, 9.17) is 11.6 Å². The van der Waals surface area contributed by atoms with E-state index >= 15 is 0 Å². The third-order valence-corrected chi connectivity index (χ3v) is 4.10. The molecule has 1 aromatic carbocycles. The number of anilines is 1. The topological polar surface area (TPSA) is 15.3 Å². The minimum atomic E-state index is 0.776. The zero-order chi connectivity index (χ0) is 17.2. The van der Waals surface area contributed by atoms with Gasteiger partial charge in [0.2, 0.25) is 0 Å². The fourth-order valence-electron chi connectivity index (χ4n) is 2.80. The van der Waals surface area contributed by atoms with Crippen LogP contribution >= 0.6 is 11.6 Å². The van der Waals surface area contributed by atoms with Gasteiger partial charge in [0.15, 0.2) is 0 Å². The van der Waals surface area contributed by atoms with Crippen LogP contribution in [-0.2, 0) is 6.42 Å². The van der Waals surface area contributed by atoms with Crippen LogP contribution in [0, 0.1) is 0 Å². The summed E-state index contributed by atoms with van der Waals surface area (Å²) in [6.45, 7) is 13.9. The van der Waals surface area contributed by atoms with Gasteiger partial charge in [-0.25, -0.2) is 0 Å². The van der Waals surface area contributed by atoms with Crippen LogP contribution in [0.5, 0.6) is 0 Å². The van der Waals surface area contributed by atoms with E-state index in [0.29, 0.717) is 0 Å². The molecule has 2 nitrogen and oxygen atoms in total. The molecule has 23 heavy (non-hydrogen) atoms. The smallest absolute Gasteiger partial charge is 0.0458 e. The van der Waals surface area contributed by atoms with Gasteiger partial charge in [0.25, 0.3) is 0 Å². The second-order valence-electron chi connectivity index (χ2n) is 5.20. The summed E-state index contributed by atoms with van der Waals surface area (Å²) in [5.74, 6) is 0. The molecule has 1 N–H and O–H groups in total. The Bertz CT molecular complexity index is 561. The molecule has 0 bridgehead atoms. The van der Waals surface area contributed by atoms with Crippen molar-refractivity contribution >= 4 is 17.3 Å². The lowest BCUT2D eigenvalue weighted by Gasteiger charge is -2.28. The lowest BCUT2D eigenvalue weighted by Crippen LogP contribution is -2.26. The molecule has 0 spiro atoms. The standard InChI is InChI=1S/C18H23ClN2.C2H6/c1-4-14-7-8-15-9-10-16(19)13-18(15)21(17(14)5-2)12-6-11-20-3;1-2/h4-5,9-10,13,20H,1-2,6-8,11-12H2,3H3;1-2H3. The molecule has 0 amide bonds. The number of nitrogens with one attached hydrogen (secondary N) is 1. The van der Waals surface area contributed by atoms with Crippen molar-refractivity contribution in [1.29, 1.82) is 0 Å². The van der Waals surface area contributed by atoms with Crippen molar-refractivity contribution in [2.45, 2.75) is 33.1 Å². The van der Waals surface area contributed by atoms with E-state index in [-0.39, 0.29) is 0 Å². The molecule has 1 aliphatic rings. The fraction of sp³-hybridized carbons (Fsp3) is 0.400. The Hall–Kier alpha value is -1.51. The predicted molar refractivity (Wildman–Crippen MR) is 104 cm³/mol. The molecule has 0 fully saturated rings. The zero-order valence-corrected chi connectivity index (χ0v) is 15.4. The van der Waals surface area contributed by atoms with Gasteiger partial charge < -0.3 is 10.2 Å². The molecular formula is C20H29ClN2. The summed E-state index contributed by atoms with van der Waals surface area (Å²) in [4.78, 5) is 2.33. The number of hydrogen-bond acceptors (Lipinski definition) is 2. The Kier molecular flexibility index (Phi) is 8.75. The van der Waals surface area contributed by atoms with Gasteiger partial charge in [-0.2, -0.15) is 0 Å². The van der Waals surface area contributed by atoms with E-state index in [9.17, 15) is 0 Å². The van der Waals surface area contributed by atoms with Crippen LogP contribution < -0.4 is 10.2 Å². The maximum atomic E-state index is 6.22. The van der Waals surface area contributed by atoms with Gasteiger partial charge in [-0.3, -0.25) is 0 Å². The molecule has 1 aliphatic heterocycles. The lowest BCUT2D eigenvalue weighted by molar-refractivity contribution is 0.715. The van der Waals surface area contributed by atoms with Crippen molar-refractivity contribution < 1.29 is 0 Å². The highest BCUT2D eigenvalue weighted by molar-refractivity contribution is 6.30. The third kappa shape index (κ3) is 4.98. The van der Waals surface area contributed by atoms with Crippen molar-refractivity contribution in [3.63, 3.8) is 0 Å². The molecule has 2 rings (SSSR count). The highest BCUT2D eigenvalue weighted by atomic mass is 35.5. The molecule has 1 heterocycles. The van der Waals surface area contributed by atoms with Crippen molar-refractivity contribution in [1.82, 2.24) is 5.32 Å². The first-order valence-electron chi connectivity index (χ1n) is 8.39. The average Bonchev–Trinajstić information content (AvgIpc) is 2.73. The maximum absolute atomic E-state index is 6.22. The molecule has 126 valence electrons. The number of benzene rings is 1. The molecule has 0 aromatic heterocycles. The van der Waals surface area contributed by atoms with Gasteiger partial charge in [-0.1, -0.05) is 50.7 Å². The van der Waals surface area contributed by atoms with Crippen LogP contribution in [0.4, 0.5) is 5.69 Å². The van der Waals surface area contributed by atoms with E-state index in [1.165, 1.54) is 16.8 Å². The highest BCUT2D eigenvalue weighted by Crippen LogP contribution is 2.34. The summed E-state index contributed by atoms with van der Waals surface area (Å²) >= 11 is 6.22. The Morgan fingerprint density at radius 1 is 1.22 bits per heavy atom. The van der Waals surface area contributed by atoms with Crippen LogP contribution in [0.3, 0.4) is 0 Å². The SMILES string of the molecule is C=CC1=C(C=C)N(CCCNC)c2cc(Cl)ccc2CC1.CC. The molecule has 0 saturated heterocycles. The van der Waals surface area contributed by atoms with Crippen LogP contribution in [0.1, 0.15) is 32.3 Å². The van der Waals surface area contributed by atoms with Gasteiger partial charge in [0.1, 0.15) is 0 Å². The Morgan fingerprint density at radius 2 is 1.96 bits per heavy atom. The number of rotatable bonds is 6. The maximum Gasteiger partial charge on any atom is 0.0458 e. The Balaban J connectivity index is 0.00000127. The highest BCUT2D eigenvalue weighted by Gasteiger charge is 2.20. The largest absolute Gasteiger partial charge is 0.341 e. The first-order chi connectivity index (χ1) is 11.2. The normalized spacial score (nSPS) is 13.7. The van der Waals surface area contributed by atoms with Gasteiger partial charge in [-0.05, 0) is 62.2 Å². The van der Waals surface area contributed by atoms with E-state index < -0.39 is 0 Å². The molecular weight excluding hydrogens is 304 g/mol. The zero-order valence-electron chi connectivity index (χ0n) is 14.7. The number of nitrogens with zero attached hydrogens (tertiary/aromatic N) is 1. The fourth-order valence-corrected chi connectivity index (χ4v) is 2.97. The van der Waals surface area contributed by atoms with Crippen molar-refractivity contribution in [2.75, 3.05) is 25.0 Å². The number of fused-ring (bicyclic) bond motifs is 1. The summed E-state index contributed by atoms with van der Waals surface area (Å²) in [5, 5.41) is 3.98. The first kappa shape index (κ1) is 19.5. The van der Waals surface area contributed by atoms with Gasteiger partial charge in [-0.15, -0.1) is 0 Å². The summed E-state index contributed by atoms with van der Waals surface area (Å²) in [5.41, 5.74) is 4.94. The second-order valence-corrected chi connectivity index (χ2v) is 5.64. The molecule has 0 aliphatic carbocycles. The summed E-state index contributed by atoms with van der Waals surface area (Å²) in [7, 11) is 1.98. The molecule has 3 heteroatoms. The van der Waals surface area contributed by atoms with Crippen molar-refractivity contribution in [3.8, 4) is 0 Å². The van der Waals surface area contributed by atoms with Crippen molar-refractivity contribution in [2.24, 2.45) is 0 Å². The predicted octanol–water partition coefficient (Wildman–Crippen LogP) is 5.35. The van der Waals surface area contributed by atoms with Crippen LogP contribution in [0.15, 0.2) is 54.8 Å². The molecule has 0 atom stereocenters. The van der Waals surface area contributed by atoms with Crippen LogP contribution in [0.2, 0.25) is 5.02 Å². The third-order valence-electron chi connectivity index (χ3n) is 3.87. The van der Waals surface area contributed by atoms with E-state index in [2.05, 4.69) is 35.5 Å². The number of halogens is 1. The molecule has 0 unspecified atom stereocenters. The number of allylic oxidation sites excluding steroid dienone is 3. The van der Waals surface area contributed by atoms with E-state index in [1.807, 2.05) is 39.1 Å². The number of hydrogen-bond donors (Lipinski definition) is 1. The second kappa shape index (κ2) is 10.3. The summed E-state index contributed by atoms with van der Waals surface area (Å²) < 4.78 is 0. The summed E-state index contributed by atoms with van der Waals surface area (Å²) in [6.07, 6.45) is 6.95. The van der Waals surface area contributed by atoms with Gasteiger partial charge >= 0.3 is 0 Å². The Labute approximate surface area is 146 Å². The minimum absolute atomic E-state index is 0.776. The van der Waals surface area contributed by atoms with Gasteiger partial charge in [0, 0.05) is 23.0 Å². The number of aryl methyl sites for hydroxylation is 1. The van der Waals surface area contributed by atoms with Crippen LogP contribution in [0.25, 0.3) is 0 Å². The van der Waals surface area contributed by atoms with E-state index in [0.717, 1.165) is 43.1 Å². The monoisotopic (exact) mass is 332 g/mol. The molecule has 0 saturated carbocycles. The van der Waals surface area contributed by atoms with Crippen molar-refractivity contribution in [3.05, 3.63) is 65.4 Å². The van der Waals surface area contributed by atoms with Crippen LogP contribution in [-0.4, -0.2) is 20.1 Å². The van der Waals surface area contributed by atoms with E-state index in [1.54, 1.807) is 0 Å². The lowest BCUT2D eigenvalue weighted by atomic mass is 10.0. The average molecular weight is 333 g/mol. The summed E-state index contributed by atoms with van der Waals surface area (Å²) in [6, 6.07) is 6.17. The van der Waals surface area contributed by atoms with Gasteiger partial charge in [0.05, 0.1) is 0 Å². The molecule has 1 aromatic rings. The first-order valence-corrected chi connectivity index (χ1v) is 8.77. The quantitative estimate of drug-likeness (QED) is 0.706. The Morgan fingerprint density at radius 3 is 2.57 bits per heavy atom. The minimum Gasteiger partial charge on any atom is -0.341 e.